The third-order valence-corrected chi connectivity index (χ3v) is 3.74. The molecule has 0 aliphatic carbocycles. The molecule has 0 aliphatic rings. The number of nitrogens with one attached hydrogen (secondary N) is 1. The lowest BCUT2D eigenvalue weighted by Crippen LogP contribution is -2.13. The van der Waals surface area contributed by atoms with E-state index in [4.69, 9.17) is 4.74 Å². The van der Waals surface area contributed by atoms with Gasteiger partial charge in [-0.3, -0.25) is 9.48 Å². The molecule has 2 aromatic heterocycles. The Morgan fingerprint density at radius 2 is 2.00 bits per heavy atom. The first-order valence-corrected chi connectivity index (χ1v) is 8.41. The minimum Gasteiger partial charge on any atom is -0.486 e. The number of nitrogens with zero attached hydrogens (tertiary/aromatic N) is 6. The first kappa shape index (κ1) is 17.6. The van der Waals surface area contributed by atoms with E-state index in [9.17, 15) is 4.79 Å². The van der Waals surface area contributed by atoms with Gasteiger partial charge < -0.3 is 10.1 Å². The van der Waals surface area contributed by atoms with E-state index in [1.807, 2.05) is 27.0 Å². The minimum absolute atomic E-state index is 0.158. The number of tetrazole rings is 1. The topological polar surface area (TPSA) is 99.8 Å². The fourth-order valence-corrected chi connectivity index (χ4v) is 2.35. The molecule has 1 amide bonds. The fourth-order valence-electron chi connectivity index (χ4n) is 2.35. The number of aromatic nitrogens is 6. The van der Waals surface area contributed by atoms with Crippen LogP contribution in [-0.4, -0.2) is 35.9 Å². The van der Waals surface area contributed by atoms with E-state index in [2.05, 4.69) is 25.9 Å². The Bertz CT molecular complexity index is 867. The predicted octanol–water partition coefficient (Wildman–Crippen LogP) is 2.30. The molecule has 9 nitrogen and oxygen atoms in total. The van der Waals surface area contributed by atoms with Crippen molar-refractivity contribution in [3.8, 4) is 5.75 Å². The van der Waals surface area contributed by atoms with Gasteiger partial charge in [0.15, 0.2) is 11.6 Å². The summed E-state index contributed by atoms with van der Waals surface area (Å²) in [5.74, 6) is 1.59. The van der Waals surface area contributed by atoms with Gasteiger partial charge >= 0.3 is 0 Å². The van der Waals surface area contributed by atoms with E-state index in [1.165, 1.54) is 0 Å². The van der Waals surface area contributed by atoms with Gasteiger partial charge in [0.05, 0.1) is 6.04 Å². The molecule has 2 heterocycles. The number of carbonyl (C=O) groups is 1. The second-order valence-electron chi connectivity index (χ2n) is 5.96. The smallest absolute Gasteiger partial charge is 0.256 e. The summed E-state index contributed by atoms with van der Waals surface area (Å²) < 4.78 is 9.15. The number of hydrogen-bond donors (Lipinski definition) is 1. The van der Waals surface area contributed by atoms with Crippen molar-refractivity contribution in [3.63, 3.8) is 0 Å². The Morgan fingerprint density at radius 1 is 1.23 bits per heavy atom. The lowest BCUT2D eigenvalue weighted by molar-refractivity contribution is 0.102. The summed E-state index contributed by atoms with van der Waals surface area (Å²) in [6.07, 6.45) is 1.82. The summed E-state index contributed by atoms with van der Waals surface area (Å²) in [6.45, 7) is 6.98. The summed E-state index contributed by atoms with van der Waals surface area (Å²) in [4.78, 5) is 12.3. The second kappa shape index (κ2) is 7.77. The summed E-state index contributed by atoms with van der Waals surface area (Å²) in [5, 5.41) is 18.5. The van der Waals surface area contributed by atoms with Crippen LogP contribution in [0.5, 0.6) is 5.75 Å². The van der Waals surface area contributed by atoms with E-state index in [-0.39, 0.29) is 18.6 Å². The lowest BCUT2D eigenvalue weighted by atomic mass is 10.2. The average Bonchev–Trinajstić information content (AvgIpc) is 3.29. The van der Waals surface area contributed by atoms with Gasteiger partial charge in [0.2, 0.25) is 0 Å². The van der Waals surface area contributed by atoms with Gasteiger partial charge in [-0.05, 0) is 55.5 Å². The molecule has 0 radical (unpaired) electrons. The number of amides is 1. The van der Waals surface area contributed by atoms with Gasteiger partial charge in [-0.2, -0.15) is 5.10 Å². The third-order valence-electron chi connectivity index (χ3n) is 3.74. The molecule has 1 aromatic carbocycles. The molecule has 9 heteroatoms. The maximum absolute atomic E-state index is 12.3. The van der Waals surface area contributed by atoms with E-state index < -0.39 is 0 Å². The molecule has 0 fully saturated rings. The first-order chi connectivity index (χ1) is 12.6. The molecule has 3 rings (SSSR count). The number of ether oxygens (including phenoxy) is 1. The number of carbonyl (C=O) groups excluding carboxylic acids is 1. The van der Waals surface area contributed by atoms with Crippen molar-refractivity contribution in [2.24, 2.45) is 0 Å². The zero-order valence-electron chi connectivity index (χ0n) is 15.0. The van der Waals surface area contributed by atoms with Crippen molar-refractivity contribution < 1.29 is 9.53 Å². The molecular weight excluding hydrogens is 334 g/mol. The molecular formula is C17H21N7O2. The molecule has 0 bridgehead atoms. The van der Waals surface area contributed by atoms with Crippen LogP contribution in [0.3, 0.4) is 0 Å². The van der Waals surface area contributed by atoms with Crippen LogP contribution in [0.15, 0.2) is 36.5 Å². The normalized spacial score (nSPS) is 10.9. The van der Waals surface area contributed by atoms with Gasteiger partial charge in [-0.15, -0.1) is 5.10 Å². The monoisotopic (exact) mass is 355 g/mol. The number of hydrogen-bond acceptors (Lipinski definition) is 6. The molecule has 0 spiro atoms. The molecule has 136 valence electrons. The quantitative estimate of drug-likeness (QED) is 0.698. The van der Waals surface area contributed by atoms with Crippen LogP contribution in [0.1, 0.15) is 43.0 Å². The molecule has 0 unspecified atom stereocenters. The Labute approximate surface area is 151 Å². The number of anilines is 1. The Balaban J connectivity index is 1.59. The van der Waals surface area contributed by atoms with Gasteiger partial charge in [0.1, 0.15) is 12.4 Å². The van der Waals surface area contributed by atoms with Crippen molar-refractivity contribution in [2.45, 2.75) is 40.0 Å². The highest BCUT2D eigenvalue weighted by molar-refractivity contribution is 6.03. The van der Waals surface area contributed by atoms with E-state index in [0.29, 0.717) is 23.0 Å². The minimum atomic E-state index is -0.221. The maximum Gasteiger partial charge on any atom is 0.256 e. The van der Waals surface area contributed by atoms with Gasteiger partial charge in [-0.25, -0.2) is 4.68 Å². The Kier molecular flexibility index (Phi) is 5.26. The SMILES string of the molecule is CCn1ccc(NC(=O)c2ccc(OCc3nnnn3C(C)C)cc2)n1. The van der Waals surface area contributed by atoms with Crippen LogP contribution in [0.25, 0.3) is 0 Å². The second-order valence-corrected chi connectivity index (χ2v) is 5.96. The zero-order chi connectivity index (χ0) is 18.5. The average molecular weight is 355 g/mol. The Morgan fingerprint density at radius 3 is 2.65 bits per heavy atom. The lowest BCUT2D eigenvalue weighted by Gasteiger charge is -2.09. The molecule has 0 saturated heterocycles. The molecule has 0 aliphatic heterocycles. The van der Waals surface area contributed by atoms with Crippen LogP contribution >= 0.6 is 0 Å². The zero-order valence-corrected chi connectivity index (χ0v) is 15.0. The summed E-state index contributed by atoms with van der Waals surface area (Å²) in [5.41, 5.74) is 0.524. The summed E-state index contributed by atoms with van der Waals surface area (Å²) in [7, 11) is 0. The maximum atomic E-state index is 12.3. The highest BCUT2D eigenvalue weighted by atomic mass is 16.5. The summed E-state index contributed by atoms with van der Waals surface area (Å²) >= 11 is 0. The molecule has 1 N–H and O–H groups in total. The van der Waals surface area contributed by atoms with Crippen molar-refractivity contribution in [2.75, 3.05) is 5.32 Å². The van der Waals surface area contributed by atoms with Crippen molar-refractivity contribution in [1.29, 1.82) is 0 Å². The molecule has 26 heavy (non-hydrogen) atoms. The van der Waals surface area contributed by atoms with Gasteiger partial charge in [-0.1, -0.05) is 0 Å². The van der Waals surface area contributed by atoms with E-state index >= 15 is 0 Å². The number of benzene rings is 1. The van der Waals surface area contributed by atoms with Crippen LogP contribution < -0.4 is 10.1 Å². The van der Waals surface area contributed by atoms with Gasteiger partial charge in [0.25, 0.3) is 5.91 Å². The summed E-state index contributed by atoms with van der Waals surface area (Å²) in [6, 6.07) is 8.80. The molecule has 0 atom stereocenters. The molecule has 0 saturated carbocycles. The highest BCUT2D eigenvalue weighted by Gasteiger charge is 2.11. The Hall–Kier alpha value is -3.23. The number of rotatable bonds is 7. The first-order valence-electron chi connectivity index (χ1n) is 8.41. The van der Waals surface area contributed by atoms with E-state index in [1.54, 1.807) is 39.7 Å². The highest BCUT2D eigenvalue weighted by Crippen LogP contribution is 2.15. The van der Waals surface area contributed by atoms with Crippen molar-refractivity contribution in [3.05, 3.63) is 47.9 Å². The van der Waals surface area contributed by atoms with Crippen LogP contribution in [0, 0.1) is 0 Å². The third kappa shape index (κ3) is 4.05. The fraction of sp³-hybridized carbons (Fsp3) is 0.353. The van der Waals surface area contributed by atoms with E-state index in [0.717, 1.165) is 6.54 Å². The predicted molar refractivity (Wildman–Crippen MR) is 94.8 cm³/mol. The largest absolute Gasteiger partial charge is 0.486 e. The number of aryl methyl sites for hydroxylation is 1. The van der Waals surface area contributed by atoms with Crippen molar-refractivity contribution >= 4 is 11.7 Å². The van der Waals surface area contributed by atoms with Crippen LogP contribution in [0.4, 0.5) is 5.82 Å². The van der Waals surface area contributed by atoms with Gasteiger partial charge in [0, 0.05) is 24.4 Å². The van der Waals surface area contributed by atoms with Crippen molar-refractivity contribution in [1.82, 2.24) is 30.0 Å². The molecule has 3 aromatic rings. The van der Waals surface area contributed by atoms with Crippen LogP contribution in [-0.2, 0) is 13.2 Å². The van der Waals surface area contributed by atoms with Crippen LogP contribution in [0.2, 0.25) is 0 Å². The standard InChI is InChI=1S/C17H21N7O2/c1-4-23-10-9-15(20-23)18-17(25)13-5-7-14(8-6-13)26-11-16-19-21-22-24(16)12(2)3/h5-10,12H,4,11H2,1-3H3,(H,18,20,25).